The Labute approximate surface area is 123 Å². The van der Waals surface area contributed by atoms with Crippen LogP contribution in [0.4, 0.5) is 5.69 Å². The molecule has 114 valence electrons. The maximum absolute atomic E-state index is 12.0. The van der Waals surface area contributed by atoms with Crippen LogP contribution >= 0.6 is 0 Å². The second-order valence-electron chi connectivity index (χ2n) is 5.21. The second kappa shape index (κ2) is 6.53. The van der Waals surface area contributed by atoms with Gasteiger partial charge in [0.05, 0.1) is 4.92 Å². The average Bonchev–Trinajstić information content (AvgIpc) is 2.47. The molecule has 1 aliphatic heterocycles. The number of nitro groups is 1. The predicted molar refractivity (Wildman–Crippen MR) is 77.6 cm³/mol. The number of hydrogen-bond acceptors (Lipinski definition) is 5. The molecule has 1 N–H and O–H groups in total. The molecule has 0 atom stereocenters. The van der Waals surface area contributed by atoms with Crippen molar-refractivity contribution < 1.29 is 14.5 Å². The quantitative estimate of drug-likeness (QED) is 0.670. The van der Waals surface area contributed by atoms with Gasteiger partial charge in [0.25, 0.3) is 5.91 Å². The number of carbonyl (C=O) groups is 1. The summed E-state index contributed by atoms with van der Waals surface area (Å²) in [4.78, 5) is 24.0. The van der Waals surface area contributed by atoms with Gasteiger partial charge in [-0.05, 0) is 32.0 Å². The number of nitrogens with zero attached hydrogens (tertiary/aromatic N) is 2. The minimum absolute atomic E-state index is 0.0605. The van der Waals surface area contributed by atoms with Gasteiger partial charge >= 0.3 is 5.69 Å². The molecule has 7 heteroatoms. The van der Waals surface area contributed by atoms with E-state index in [1.54, 1.807) is 14.1 Å². The summed E-state index contributed by atoms with van der Waals surface area (Å²) in [7, 11) is 3.27. The molecular weight excluding hydrogens is 274 g/mol. The van der Waals surface area contributed by atoms with E-state index >= 15 is 0 Å². The number of carbonyl (C=O) groups excluding carboxylic acids is 1. The van der Waals surface area contributed by atoms with Crippen molar-refractivity contribution in [1.82, 2.24) is 10.2 Å². The Hall–Kier alpha value is -2.15. The molecule has 0 aliphatic carbocycles. The fourth-order valence-electron chi connectivity index (χ4n) is 2.24. The van der Waals surface area contributed by atoms with Crippen LogP contribution in [-0.2, 0) is 0 Å². The van der Waals surface area contributed by atoms with Crippen molar-refractivity contribution in [2.75, 3.05) is 27.2 Å². The Morgan fingerprint density at radius 2 is 2.05 bits per heavy atom. The maximum Gasteiger partial charge on any atom is 0.310 e. The Morgan fingerprint density at radius 3 is 2.62 bits per heavy atom. The summed E-state index contributed by atoms with van der Waals surface area (Å²) >= 11 is 0. The van der Waals surface area contributed by atoms with Crippen LogP contribution in [0.2, 0.25) is 0 Å². The highest BCUT2D eigenvalue weighted by molar-refractivity contribution is 5.94. The third-order valence-corrected chi connectivity index (χ3v) is 3.39. The Kier molecular flexibility index (Phi) is 4.74. The third kappa shape index (κ3) is 3.69. The lowest BCUT2D eigenvalue weighted by molar-refractivity contribution is -0.386. The number of nitrogens with one attached hydrogen (secondary N) is 1. The van der Waals surface area contributed by atoms with E-state index in [1.165, 1.54) is 23.1 Å². The number of ether oxygens (including phenoxy) is 1. The fourth-order valence-corrected chi connectivity index (χ4v) is 2.24. The smallest absolute Gasteiger partial charge is 0.310 e. The third-order valence-electron chi connectivity index (χ3n) is 3.39. The lowest BCUT2D eigenvalue weighted by Crippen LogP contribution is -2.34. The van der Waals surface area contributed by atoms with Gasteiger partial charge in [0.2, 0.25) is 0 Å². The first-order chi connectivity index (χ1) is 9.99. The zero-order valence-corrected chi connectivity index (χ0v) is 12.2. The van der Waals surface area contributed by atoms with Gasteiger partial charge in [-0.1, -0.05) is 0 Å². The minimum atomic E-state index is -0.486. The van der Waals surface area contributed by atoms with Gasteiger partial charge < -0.3 is 15.0 Å². The number of hydrogen-bond donors (Lipinski definition) is 1. The molecule has 2 rings (SSSR count). The van der Waals surface area contributed by atoms with E-state index in [0.29, 0.717) is 5.56 Å². The molecule has 0 spiro atoms. The van der Waals surface area contributed by atoms with Crippen LogP contribution in [0, 0.1) is 10.1 Å². The van der Waals surface area contributed by atoms with Crippen LogP contribution in [0.1, 0.15) is 23.2 Å². The zero-order valence-electron chi connectivity index (χ0n) is 12.2. The molecule has 1 aromatic carbocycles. The van der Waals surface area contributed by atoms with E-state index in [0.717, 1.165) is 25.9 Å². The Balaban J connectivity index is 2.28. The number of nitro benzene ring substituents is 1. The van der Waals surface area contributed by atoms with Gasteiger partial charge in [-0.3, -0.25) is 14.9 Å². The second-order valence-corrected chi connectivity index (χ2v) is 5.21. The van der Waals surface area contributed by atoms with E-state index < -0.39 is 4.92 Å². The number of benzene rings is 1. The number of rotatable bonds is 4. The first-order valence-corrected chi connectivity index (χ1v) is 6.86. The average molecular weight is 293 g/mol. The van der Waals surface area contributed by atoms with Gasteiger partial charge in [0.15, 0.2) is 5.75 Å². The Bertz CT molecular complexity index is 539. The highest BCUT2D eigenvalue weighted by Crippen LogP contribution is 2.30. The van der Waals surface area contributed by atoms with Gasteiger partial charge in [0.1, 0.15) is 6.10 Å². The van der Waals surface area contributed by atoms with Crippen molar-refractivity contribution >= 4 is 11.6 Å². The van der Waals surface area contributed by atoms with E-state index in [-0.39, 0.29) is 23.4 Å². The summed E-state index contributed by atoms with van der Waals surface area (Å²) in [5.41, 5.74) is 0.276. The van der Waals surface area contributed by atoms with Gasteiger partial charge in [-0.25, -0.2) is 0 Å². The molecule has 7 nitrogen and oxygen atoms in total. The summed E-state index contributed by atoms with van der Waals surface area (Å²) < 4.78 is 5.77. The number of piperidine rings is 1. The maximum atomic E-state index is 12.0. The van der Waals surface area contributed by atoms with Crippen LogP contribution < -0.4 is 10.1 Å². The van der Waals surface area contributed by atoms with Crippen molar-refractivity contribution in [2.45, 2.75) is 18.9 Å². The summed E-state index contributed by atoms with van der Waals surface area (Å²) in [5, 5.41) is 14.3. The van der Waals surface area contributed by atoms with Crippen molar-refractivity contribution in [1.29, 1.82) is 0 Å². The summed E-state index contributed by atoms with van der Waals surface area (Å²) in [6, 6.07) is 4.24. The van der Waals surface area contributed by atoms with E-state index in [1.807, 2.05) is 0 Å². The molecule has 1 saturated heterocycles. The minimum Gasteiger partial charge on any atom is -0.483 e. The SMILES string of the molecule is CN(C)C(=O)c1ccc([N+](=O)[O-])c(OC2CCNCC2)c1. The van der Waals surface area contributed by atoms with Crippen molar-refractivity contribution in [3.63, 3.8) is 0 Å². The molecule has 0 radical (unpaired) electrons. The molecule has 0 aromatic heterocycles. The number of amides is 1. The standard InChI is InChI=1S/C14H19N3O4/c1-16(2)14(18)10-3-4-12(17(19)20)13(9-10)21-11-5-7-15-8-6-11/h3-4,9,11,15H,5-8H2,1-2H3. The molecule has 1 amide bonds. The molecule has 1 heterocycles. The topological polar surface area (TPSA) is 84.7 Å². The van der Waals surface area contributed by atoms with Gasteiger partial charge in [0, 0.05) is 31.8 Å². The van der Waals surface area contributed by atoms with Crippen molar-refractivity contribution in [3.8, 4) is 5.75 Å². The highest BCUT2D eigenvalue weighted by atomic mass is 16.6. The van der Waals surface area contributed by atoms with E-state index in [4.69, 9.17) is 4.74 Å². The molecular formula is C14H19N3O4. The van der Waals surface area contributed by atoms with Crippen LogP contribution in [0.25, 0.3) is 0 Å². The molecule has 0 unspecified atom stereocenters. The van der Waals surface area contributed by atoms with Crippen LogP contribution in [0.15, 0.2) is 18.2 Å². The van der Waals surface area contributed by atoms with Crippen LogP contribution in [-0.4, -0.2) is 49.0 Å². The van der Waals surface area contributed by atoms with Crippen molar-refractivity contribution in [2.24, 2.45) is 0 Å². The zero-order chi connectivity index (χ0) is 15.4. The monoisotopic (exact) mass is 293 g/mol. The summed E-state index contributed by atoms with van der Waals surface area (Å²) in [6.45, 7) is 1.66. The lowest BCUT2D eigenvalue weighted by atomic mass is 10.1. The molecule has 1 fully saturated rings. The van der Waals surface area contributed by atoms with E-state index in [2.05, 4.69) is 5.32 Å². The predicted octanol–water partition coefficient (Wildman–Crippen LogP) is 1.43. The first kappa shape index (κ1) is 15.2. The lowest BCUT2D eigenvalue weighted by Gasteiger charge is -2.24. The molecule has 1 aromatic rings. The largest absolute Gasteiger partial charge is 0.483 e. The van der Waals surface area contributed by atoms with Crippen LogP contribution in [0.3, 0.4) is 0 Å². The normalized spacial score (nSPS) is 15.5. The van der Waals surface area contributed by atoms with Gasteiger partial charge in [-0.15, -0.1) is 0 Å². The van der Waals surface area contributed by atoms with Gasteiger partial charge in [-0.2, -0.15) is 0 Å². The van der Waals surface area contributed by atoms with E-state index in [9.17, 15) is 14.9 Å². The Morgan fingerprint density at radius 1 is 1.38 bits per heavy atom. The highest BCUT2D eigenvalue weighted by Gasteiger charge is 2.23. The fraction of sp³-hybridized carbons (Fsp3) is 0.500. The molecule has 21 heavy (non-hydrogen) atoms. The summed E-state index contributed by atoms with van der Waals surface area (Å²) in [6.07, 6.45) is 1.53. The molecule has 1 aliphatic rings. The first-order valence-electron chi connectivity index (χ1n) is 6.86. The summed E-state index contributed by atoms with van der Waals surface area (Å²) in [5.74, 6) is -0.0420. The molecule has 0 saturated carbocycles. The van der Waals surface area contributed by atoms with Crippen LogP contribution in [0.5, 0.6) is 5.75 Å². The molecule has 0 bridgehead atoms. The van der Waals surface area contributed by atoms with Crippen molar-refractivity contribution in [3.05, 3.63) is 33.9 Å².